The van der Waals surface area contributed by atoms with Crippen molar-refractivity contribution in [3.63, 3.8) is 0 Å². The molecule has 10 nitrogen and oxygen atoms in total. The summed E-state index contributed by atoms with van der Waals surface area (Å²) in [4.78, 5) is 70.8. The second-order valence-corrected chi connectivity index (χ2v) is 13.6. The van der Waals surface area contributed by atoms with Crippen LogP contribution in [0.15, 0.2) is 25.3 Å². The molecule has 1 saturated heterocycles. The van der Waals surface area contributed by atoms with E-state index < -0.39 is 35.7 Å². The first-order chi connectivity index (χ1) is 20.3. The summed E-state index contributed by atoms with van der Waals surface area (Å²) in [5.74, 6) is -2.18. The molecule has 0 radical (unpaired) electrons. The van der Waals surface area contributed by atoms with Crippen molar-refractivity contribution in [3.05, 3.63) is 25.3 Å². The number of carbonyl (C=O) groups excluding carboxylic acids is 5. The lowest BCUT2D eigenvalue weighted by atomic mass is 9.83. The monoisotopic (exact) mass is 599 g/mol. The van der Waals surface area contributed by atoms with Crippen LogP contribution in [-0.4, -0.2) is 82.6 Å². The van der Waals surface area contributed by atoms with Crippen molar-refractivity contribution in [2.24, 2.45) is 23.2 Å². The fraction of sp³-hybridized carbons (Fsp3) is 0.727. The lowest BCUT2D eigenvalue weighted by Crippen LogP contribution is -2.61. The Labute approximate surface area is 257 Å². The maximum absolute atomic E-state index is 14.4. The van der Waals surface area contributed by atoms with E-state index in [4.69, 9.17) is 0 Å². The minimum absolute atomic E-state index is 0.0181. The standard InChI is InChI=1S/C33H53N5O5/c1-9-11-17-24(28(39)30(41)34-18-10-2)35-29(40)27-25-23(33(25,7)8)19-37(27)31(42)26(22-15-13-12-14-16-22)36-32(43)38(20(3)4)21(5)6/h9-10,20-27H,1-2,11-19H2,3-8H3,(H,34,41)(H,35,40)(H,36,43)/t23-,24-,25-,26-,27-/m0/s1. The summed E-state index contributed by atoms with van der Waals surface area (Å²) in [6.45, 7) is 19.8. The molecule has 5 atom stereocenters. The van der Waals surface area contributed by atoms with E-state index in [1.807, 2.05) is 27.7 Å². The van der Waals surface area contributed by atoms with Gasteiger partial charge in [-0.15, -0.1) is 13.2 Å². The van der Waals surface area contributed by atoms with Gasteiger partial charge in [0.25, 0.3) is 5.91 Å². The highest BCUT2D eigenvalue weighted by Crippen LogP contribution is 2.65. The quantitative estimate of drug-likeness (QED) is 0.208. The van der Waals surface area contributed by atoms with Crippen LogP contribution in [0.1, 0.15) is 86.5 Å². The lowest BCUT2D eigenvalue weighted by molar-refractivity contribution is -0.144. The van der Waals surface area contributed by atoms with E-state index in [9.17, 15) is 24.0 Å². The number of ketones is 1. The maximum atomic E-state index is 14.4. The Kier molecular flexibility index (Phi) is 11.6. The molecule has 0 aromatic carbocycles. The molecule has 0 aromatic heterocycles. The molecular weight excluding hydrogens is 546 g/mol. The molecule has 10 heteroatoms. The number of allylic oxidation sites excluding steroid dienone is 1. The van der Waals surface area contributed by atoms with Gasteiger partial charge in [0.2, 0.25) is 17.6 Å². The highest BCUT2D eigenvalue weighted by atomic mass is 16.2. The van der Waals surface area contributed by atoms with Gasteiger partial charge in [-0.25, -0.2) is 4.79 Å². The molecule has 240 valence electrons. The molecule has 2 aliphatic carbocycles. The number of urea groups is 1. The number of nitrogens with zero attached hydrogens (tertiary/aromatic N) is 2. The molecule has 3 aliphatic rings. The van der Waals surface area contributed by atoms with E-state index in [0.717, 1.165) is 32.1 Å². The molecule has 1 heterocycles. The normalized spacial score (nSPS) is 24.0. The van der Waals surface area contributed by atoms with Gasteiger partial charge in [-0.05, 0) is 76.5 Å². The molecule has 0 bridgehead atoms. The number of nitrogens with one attached hydrogen (secondary N) is 3. The molecule has 0 aromatic rings. The molecular formula is C33H53N5O5. The minimum Gasteiger partial charge on any atom is -0.346 e. The van der Waals surface area contributed by atoms with E-state index in [1.54, 1.807) is 15.9 Å². The Bertz CT molecular complexity index is 1070. The number of rotatable bonds is 14. The highest BCUT2D eigenvalue weighted by molar-refractivity contribution is 6.38. The molecule has 3 fully saturated rings. The Morgan fingerprint density at radius 2 is 1.58 bits per heavy atom. The van der Waals surface area contributed by atoms with Crippen molar-refractivity contribution in [3.8, 4) is 0 Å². The third-order valence-corrected chi connectivity index (χ3v) is 9.70. The number of hydrogen-bond donors (Lipinski definition) is 3. The summed E-state index contributed by atoms with van der Waals surface area (Å²) in [5.41, 5.74) is -0.142. The summed E-state index contributed by atoms with van der Waals surface area (Å²) < 4.78 is 0. The van der Waals surface area contributed by atoms with Gasteiger partial charge in [-0.1, -0.05) is 45.3 Å². The van der Waals surface area contributed by atoms with Gasteiger partial charge in [-0.2, -0.15) is 0 Å². The molecule has 2 saturated carbocycles. The van der Waals surface area contributed by atoms with Crippen LogP contribution < -0.4 is 16.0 Å². The average molecular weight is 600 g/mol. The van der Waals surface area contributed by atoms with Crippen molar-refractivity contribution in [1.29, 1.82) is 0 Å². The number of piperidine rings is 1. The summed E-state index contributed by atoms with van der Waals surface area (Å²) in [5, 5.41) is 8.41. The fourth-order valence-corrected chi connectivity index (χ4v) is 7.33. The van der Waals surface area contributed by atoms with E-state index in [-0.39, 0.29) is 60.2 Å². The molecule has 0 spiro atoms. The van der Waals surface area contributed by atoms with Crippen molar-refractivity contribution >= 4 is 29.5 Å². The van der Waals surface area contributed by atoms with Crippen LogP contribution >= 0.6 is 0 Å². The predicted octanol–water partition coefficient (Wildman–Crippen LogP) is 3.57. The summed E-state index contributed by atoms with van der Waals surface area (Å²) in [6.07, 6.45) is 8.50. The van der Waals surface area contributed by atoms with Gasteiger partial charge in [0.15, 0.2) is 0 Å². The van der Waals surface area contributed by atoms with Crippen LogP contribution in [0, 0.1) is 23.2 Å². The first-order valence-corrected chi connectivity index (χ1v) is 16.0. The van der Waals surface area contributed by atoms with Crippen molar-refractivity contribution in [2.75, 3.05) is 13.1 Å². The van der Waals surface area contributed by atoms with Crippen molar-refractivity contribution < 1.29 is 24.0 Å². The second-order valence-electron chi connectivity index (χ2n) is 13.6. The van der Waals surface area contributed by atoms with E-state index in [0.29, 0.717) is 13.0 Å². The van der Waals surface area contributed by atoms with E-state index >= 15 is 0 Å². The molecule has 1 aliphatic heterocycles. The van der Waals surface area contributed by atoms with Crippen LogP contribution in [0.4, 0.5) is 4.79 Å². The van der Waals surface area contributed by atoms with Crippen LogP contribution in [-0.2, 0) is 19.2 Å². The van der Waals surface area contributed by atoms with Crippen LogP contribution in [0.3, 0.4) is 0 Å². The lowest BCUT2D eigenvalue weighted by Gasteiger charge is -2.39. The predicted molar refractivity (Wildman–Crippen MR) is 167 cm³/mol. The number of fused-ring (bicyclic) bond motifs is 1. The van der Waals surface area contributed by atoms with E-state index in [1.165, 1.54) is 6.08 Å². The number of hydrogen-bond acceptors (Lipinski definition) is 5. The number of Topliss-reactive ketones (excluding diaryl/α,β-unsaturated/α-hetero) is 1. The van der Waals surface area contributed by atoms with Crippen molar-refractivity contribution in [2.45, 2.75) is 117 Å². The Morgan fingerprint density at radius 1 is 0.953 bits per heavy atom. The summed E-state index contributed by atoms with van der Waals surface area (Å²) in [6, 6.07) is -2.96. The smallest absolute Gasteiger partial charge is 0.318 e. The third-order valence-electron chi connectivity index (χ3n) is 9.70. The average Bonchev–Trinajstić information content (AvgIpc) is 3.28. The first-order valence-electron chi connectivity index (χ1n) is 16.0. The zero-order valence-electron chi connectivity index (χ0n) is 27.0. The second kappa shape index (κ2) is 14.5. The van der Waals surface area contributed by atoms with Gasteiger partial charge >= 0.3 is 6.03 Å². The minimum atomic E-state index is -1.05. The van der Waals surface area contributed by atoms with Crippen molar-refractivity contribution in [1.82, 2.24) is 25.8 Å². The number of amides is 5. The molecule has 5 amide bonds. The Hall–Kier alpha value is -3.17. The summed E-state index contributed by atoms with van der Waals surface area (Å²) in [7, 11) is 0. The SMILES string of the molecule is C=CCC[C@H](NC(=O)[C@@H]1[C@@H]2[C@H](CN1C(=O)[C@@H](NC(=O)N(C(C)C)C(C)C)C1CCCCC1)C2(C)C)C(=O)C(=O)NCC=C. The molecule has 3 N–H and O–H groups in total. The zero-order chi connectivity index (χ0) is 32.1. The fourth-order valence-electron chi connectivity index (χ4n) is 7.33. The molecule has 3 rings (SSSR count). The largest absolute Gasteiger partial charge is 0.346 e. The number of likely N-dealkylation sites (tertiary alicyclic amines) is 1. The molecule has 0 unspecified atom stereocenters. The molecule has 43 heavy (non-hydrogen) atoms. The Balaban J connectivity index is 1.88. The number of carbonyl (C=O) groups is 5. The van der Waals surface area contributed by atoms with Gasteiger partial charge in [0, 0.05) is 25.2 Å². The van der Waals surface area contributed by atoms with Gasteiger partial charge < -0.3 is 25.8 Å². The van der Waals surface area contributed by atoms with Crippen LogP contribution in [0.25, 0.3) is 0 Å². The third kappa shape index (κ3) is 7.68. The zero-order valence-corrected chi connectivity index (χ0v) is 27.0. The van der Waals surface area contributed by atoms with Crippen LogP contribution in [0.5, 0.6) is 0 Å². The topological polar surface area (TPSA) is 128 Å². The van der Waals surface area contributed by atoms with Crippen LogP contribution in [0.2, 0.25) is 0 Å². The van der Waals surface area contributed by atoms with Gasteiger partial charge in [0.1, 0.15) is 12.1 Å². The first kappa shape index (κ1) is 34.3. The highest BCUT2D eigenvalue weighted by Gasteiger charge is 2.69. The van der Waals surface area contributed by atoms with Gasteiger partial charge in [0.05, 0.1) is 6.04 Å². The van der Waals surface area contributed by atoms with E-state index in [2.05, 4.69) is 43.0 Å². The Morgan fingerprint density at radius 3 is 2.14 bits per heavy atom. The van der Waals surface area contributed by atoms with Gasteiger partial charge in [-0.3, -0.25) is 19.2 Å². The summed E-state index contributed by atoms with van der Waals surface area (Å²) >= 11 is 0. The maximum Gasteiger partial charge on any atom is 0.318 e.